The predicted octanol–water partition coefficient (Wildman–Crippen LogP) is 0.227. The lowest BCUT2D eigenvalue weighted by Gasteiger charge is -2.15. The van der Waals surface area contributed by atoms with E-state index in [0.29, 0.717) is 0 Å². The van der Waals surface area contributed by atoms with Gasteiger partial charge in [-0.25, -0.2) is 9.37 Å². The number of nitrogens with zero attached hydrogens (tertiary/aromatic N) is 1. The third-order valence-electron chi connectivity index (χ3n) is 1.76. The van der Waals surface area contributed by atoms with Gasteiger partial charge in [-0.3, -0.25) is 0 Å². The Morgan fingerprint density at radius 2 is 2.21 bits per heavy atom. The minimum atomic E-state index is -1.25. The largest absolute Gasteiger partial charge is 0.389 e. The third-order valence-corrected chi connectivity index (χ3v) is 2.04. The molecule has 1 rings (SSSR count). The second-order valence-electron chi connectivity index (χ2n) is 2.79. The van der Waals surface area contributed by atoms with Crippen LogP contribution in [0.5, 0.6) is 0 Å². The van der Waals surface area contributed by atoms with Gasteiger partial charge in [-0.15, -0.1) is 0 Å². The molecule has 0 aliphatic rings. The first-order chi connectivity index (χ1) is 6.56. The molecule has 0 aliphatic carbocycles. The molecule has 0 saturated heterocycles. The third kappa shape index (κ3) is 2.39. The number of nitrogens with two attached hydrogens (primary N) is 1. The standard InChI is InChI=1S/C8H10ClFN2O2/c9-8-5(10)1-4(3-12-8)7(14)6(13)2-11/h1,3,6-7,13-14H,2,11H2. The Balaban J connectivity index is 2.91. The first kappa shape index (κ1) is 11.3. The fourth-order valence-corrected chi connectivity index (χ4v) is 1.05. The van der Waals surface area contributed by atoms with Crippen molar-refractivity contribution in [3.8, 4) is 0 Å². The highest BCUT2D eigenvalue weighted by atomic mass is 35.5. The van der Waals surface area contributed by atoms with Gasteiger partial charge >= 0.3 is 0 Å². The number of hydrogen-bond donors (Lipinski definition) is 3. The van der Waals surface area contributed by atoms with Gasteiger partial charge in [0.1, 0.15) is 6.10 Å². The normalized spacial score (nSPS) is 15.2. The van der Waals surface area contributed by atoms with Crippen molar-refractivity contribution in [3.05, 3.63) is 28.8 Å². The van der Waals surface area contributed by atoms with Crippen LogP contribution in [0.4, 0.5) is 4.39 Å². The van der Waals surface area contributed by atoms with E-state index in [1.807, 2.05) is 0 Å². The molecular weight excluding hydrogens is 211 g/mol. The lowest BCUT2D eigenvalue weighted by atomic mass is 10.1. The molecule has 4 N–H and O–H groups in total. The monoisotopic (exact) mass is 220 g/mol. The molecule has 0 bridgehead atoms. The molecule has 0 amide bonds. The highest BCUT2D eigenvalue weighted by Crippen LogP contribution is 2.19. The molecule has 0 aliphatic heterocycles. The topological polar surface area (TPSA) is 79.4 Å². The molecule has 0 fully saturated rings. The van der Waals surface area contributed by atoms with Crippen molar-refractivity contribution in [1.82, 2.24) is 4.98 Å². The van der Waals surface area contributed by atoms with E-state index < -0.39 is 18.0 Å². The summed E-state index contributed by atoms with van der Waals surface area (Å²) in [4.78, 5) is 3.49. The van der Waals surface area contributed by atoms with Gasteiger partial charge in [-0.05, 0) is 6.07 Å². The summed E-state index contributed by atoms with van der Waals surface area (Å²) in [6, 6.07) is 1.01. The summed E-state index contributed by atoms with van der Waals surface area (Å²) in [6.45, 7) is -0.120. The number of aliphatic hydroxyl groups excluding tert-OH is 2. The van der Waals surface area contributed by atoms with Gasteiger partial charge in [0.25, 0.3) is 0 Å². The molecular formula is C8H10ClFN2O2. The Morgan fingerprint density at radius 3 is 2.71 bits per heavy atom. The van der Waals surface area contributed by atoms with E-state index in [1.165, 1.54) is 6.20 Å². The van der Waals surface area contributed by atoms with Crippen LogP contribution in [0.3, 0.4) is 0 Å². The summed E-state index contributed by atoms with van der Waals surface area (Å²) in [6.07, 6.45) is -1.20. The fourth-order valence-electron chi connectivity index (χ4n) is 0.949. The molecule has 1 heterocycles. The molecule has 1 aromatic heterocycles. The van der Waals surface area contributed by atoms with Crippen LogP contribution in [-0.2, 0) is 0 Å². The van der Waals surface area contributed by atoms with E-state index in [-0.39, 0.29) is 17.3 Å². The molecule has 1 aromatic rings. The Hall–Kier alpha value is -0.750. The van der Waals surface area contributed by atoms with Crippen molar-refractivity contribution in [1.29, 1.82) is 0 Å². The summed E-state index contributed by atoms with van der Waals surface area (Å²) in [5.41, 5.74) is 5.27. The molecule has 0 aromatic carbocycles. The van der Waals surface area contributed by atoms with Gasteiger partial charge < -0.3 is 15.9 Å². The second-order valence-corrected chi connectivity index (χ2v) is 3.15. The highest BCUT2D eigenvalue weighted by Gasteiger charge is 2.18. The average molecular weight is 221 g/mol. The first-order valence-electron chi connectivity index (χ1n) is 3.93. The van der Waals surface area contributed by atoms with E-state index in [9.17, 15) is 14.6 Å². The van der Waals surface area contributed by atoms with Crippen LogP contribution in [0.25, 0.3) is 0 Å². The van der Waals surface area contributed by atoms with Gasteiger partial charge in [0.2, 0.25) is 0 Å². The van der Waals surface area contributed by atoms with E-state index in [1.54, 1.807) is 0 Å². The van der Waals surface area contributed by atoms with E-state index in [0.717, 1.165) is 6.07 Å². The van der Waals surface area contributed by atoms with Crippen LogP contribution < -0.4 is 5.73 Å². The molecule has 2 unspecified atom stereocenters. The summed E-state index contributed by atoms with van der Waals surface area (Å²) >= 11 is 5.34. The molecule has 0 radical (unpaired) electrons. The predicted molar refractivity (Wildman–Crippen MR) is 49.2 cm³/mol. The molecule has 0 spiro atoms. The smallest absolute Gasteiger partial charge is 0.164 e. The van der Waals surface area contributed by atoms with Crippen molar-refractivity contribution >= 4 is 11.6 Å². The van der Waals surface area contributed by atoms with E-state index in [2.05, 4.69) is 4.98 Å². The zero-order valence-corrected chi connectivity index (χ0v) is 7.95. The lowest BCUT2D eigenvalue weighted by Crippen LogP contribution is -2.27. The highest BCUT2D eigenvalue weighted by molar-refractivity contribution is 6.29. The quantitative estimate of drug-likeness (QED) is 0.637. The Labute approximate surface area is 85.1 Å². The van der Waals surface area contributed by atoms with Crippen molar-refractivity contribution in [3.63, 3.8) is 0 Å². The molecule has 78 valence electrons. The number of pyridine rings is 1. The van der Waals surface area contributed by atoms with Crippen LogP contribution in [0.2, 0.25) is 5.15 Å². The van der Waals surface area contributed by atoms with Crippen LogP contribution >= 0.6 is 11.6 Å². The van der Waals surface area contributed by atoms with Crippen LogP contribution in [-0.4, -0.2) is 27.8 Å². The first-order valence-corrected chi connectivity index (χ1v) is 4.31. The van der Waals surface area contributed by atoms with Gasteiger partial charge in [0.05, 0.1) is 6.10 Å². The number of rotatable bonds is 3. The zero-order chi connectivity index (χ0) is 10.7. The Bertz CT molecular complexity index is 324. The number of hydrogen-bond acceptors (Lipinski definition) is 4. The molecule has 6 heteroatoms. The number of halogens is 2. The van der Waals surface area contributed by atoms with Crippen molar-refractivity contribution in [2.75, 3.05) is 6.54 Å². The van der Waals surface area contributed by atoms with Crippen molar-refractivity contribution in [2.24, 2.45) is 5.73 Å². The molecule has 4 nitrogen and oxygen atoms in total. The second kappa shape index (κ2) is 4.65. The molecule has 14 heavy (non-hydrogen) atoms. The minimum absolute atomic E-state index is 0.120. The molecule has 2 atom stereocenters. The minimum Gasteiger partial charge on any atom is -0.389 e. The SMILES string of the molecule is NCC(O)C(O)c1cnc(Cl)c(F)c1. The Morgan fingerprint density at radius 1 is 1.57 bits per heavy atom. The van der Waals surface area contributed by atoms with E-state index in [4.69, 9.17) is 17.3 Å². The fraction of sp³-hybridized carbons (Fsp3) is 0.375. The summed E-state index contributed by atoms with van der Waals surface area (Å²) in [7, 11) is 0. The Kier molecular flexibility index (Phi) is 3.77. The van der Waals surface area contributed by atoms with Crippen LogP contribution in [0.15, 0.2) is 12.3 Å². The van der Waals surface area contributed by atoms with Gasteiger partial charge in [0, 0.05) is 18.3 Å². The van der Waals surface area contributed by atoms with Gasteiger partial charge in [-0.2, -0.15) is 0 Å². The molecule has 0 saturated carbocycles. The van der Waals surface area contributed by atoms with Crippen LogP contribution in [0, 0.1) is 5.82 Å². The maximum atomic E-state index is 12.9. The number of aromatic nitrogens is 1. The van der Waals surface area contributed by atoms with Gasteiger partial charge in [-0.1, -0.05) is 11.6 Å². The zero-order valence-electron chi connectivity index (χ0n) is 7.19. The van der Waals surface area contributed by atoms with E-state index >= 15 is 0 Å². The summed E-state index contributed by atoms with van der Waals surface area (Å²) in [5.74, 6) is -0.743. The maximum absolute atomic E-state index is 12.9. The number of aliphatic hydroxyl groups is 2. The summed E-state index contributed by atoms with van der Waals surface area (Å²) < 4.78 is 12.9. The van der Waals surface area contributed by atoms with Crippen LogP contribution in [0.1, 0.15) is 11.7 Å². The summed E-state index contributed by atoms with van der Waals surface area (Å²) in [5, 5.41) is 18.3. The van der Waals surface area contributed by atoms with Crippen molar-refractivity contribution in [2.45, 2.75) is 12.2 Å². The average Bonchev–Trinajstić information content (AvgIpc) is 2.20. The van der Waals surface area contributed by atoms with Gasteiger partial charge in [0.15, 0.2) is 11.0 Å². The lowest BCUT2D eigenvalue weighted by molar-refractivity contribution is 0.0239. The maximum Gasteiger partial charge on any atom is 0.164 e. The van der Waals surface area contributed by atoms with Crippen molar-refractivity contribution < 1.29 is 14.6 Å².